The molecule has 2 heterocycles. The van der Waals surface area contributed by atoms with E-state index in [1.807, 2.05) is 18.3 Å². The lowest BCUT2D eigenvalue weighted by atomic mass is 9.95. The van der Waals surface area contributed by atoms with E-state index in [0.717, 1.165) is 48.1 Å². The highest BCUT2D eigenvalue weighted by Crippen LogP contribution is 2.32. The van der Waals surface area contributed by atoms with Gasteiger partial charge in [-0.25, -0.2) is 0 Å². The normalized spacial score (nSPS) is 16.1. The average Bonchev–Trinajstić information content (AvgIpc) is 2.55. The van der Waals surface area contributed by atoms with Crippen LogP contribution in [0.2, 0.25) is 0 Å². The van der Waals surface area contributed by atoms with Gasteiger partial charge in [0.05, 0.1) is 0 Å². The fourth-order valence-electron chi connectivity index (χ4n) is 3.06. The van der Waals surface area contributed by atoms with Crippen molar-refractivity contribution in [3.8, 4) is 0 Å². The van der Waals surface area contributed by atoms with Gasteiger partial charge in [0, 0.05) is 60.6 Å². The second kappa shape index (κ2) is 5.60. The molecular formula is C16H20N4O. The fourth-order valence-corrected chi connectivity index (χ4v) is 3.06. The van der Waals surface area contributed by atoms with Crippen LogP contribution in [0.15, 0.2) is 30.6 Å². The minimum atomic E-state index is 0.129. The molecule has 0 spiro atoms. The van der Waals surface area contributed by atoms with Crippen LogP contribution in [0.4, 0.5) is 11.4 Å². The number of pyridine rings is 1. The third-order valence-electron chi connectivity index (χ3n) is 4.28. The number of carbonyl (C=O) groups is 1. The van der Waals surface area contributed by atoms with Gasteiger partial charge in [-0.1, -0.05) is 0 Å². The van der Waals surface area contributed by atoms with Crippen molar-refractivity contribution < 1.29 is 4.79 Å². The summed E-state index contributed by atoms with van der Waals surface area (Å²) < 4.78 is 0. The molecule has 1 fully saturated rings. The van der Waals surface area contributed by atoms with E-state index in [1.54, 1.807) is 13.2 Å². The number of rotatable bonds is 2. The van der Waals surface area contributed by atoms with E-state index in [2.05, 4.69) is 21.3 Å². The molecule has 5 nitrogen and oxygen atoms in total. The molecule has 21 heavy (non-hydrogen) atoms. The van der Waals surface area contributed by atoms with Gasteiger partial charge in [0.25, 0.3) is 0 Å². The largest absolute Gasteiger partial charge is 0.398 e. The molecular weight excluding hydrogens is 264 g/mol. The average molecular weight is 284 g/mol. The molecule has 1 aromatic carbocycles. The summed E-state index contributed by atoms with van der Waals surface area (Å²) in [7, 11) is 1.70. The van der Waals surface area contributed by atoms with Crippen LogP contribution in [0, 0.1) is 5.92 Å². The van der Waals surface area contributed by atoms with Gasteiger partial charge in [-0.15, -0.1) is 0 Å². The molecule has 0 unspecified atom stereocenters. The maximum absolute atomic E-state index is 11.7. The zero-order valence-corrected chi connectivity index (χ0v) is 12.2. The number of aromatic nitrogens is 1. The lowest BCUT2D eigenvalue weighted by molar-refractivity contribution is -0.125. The smallest absolute Gasteiger partial charge is 0.222 e. The van der Waals surface area contributed by atoms with Gasteiger partial charge >= 0.3 is 0 Å². The topological polar surface area (TPSA) is 71.2 Å². The zero-order valence-electron chi connectivity index (χ0n) is 12.2. The second-order valence-electron chi connectivity index (χ2n) is 5.47. The van der Waals surface area contributed by atoms with Crippen LogP contribution in [-0.4, -0.2) is 31.0 Å². The first-order chi connectivity index (χ1) is 10.2. The number of nitrogens with one attached hydrogen (secondary N) is 1. The van der Waals surface area contributed by atoms with Crippen molar-refractivity contribution in [3.05, 3.63) is 30.6 Å². The van der Waals surface area contributed by atoms with Gasteiger partial charge in [-0.2, -0.15) is 0 Å². The van der Waals surface area contributed by atoms with E-state index in [1.165, 1.54) is 0 Å². The van der Waals surface area contributed by atoms with Crippen molar-refractivity contribution in [1.82, 2.24) is 10.3 Å². The first kappa shape index (κ1) is 13.7. The summed E-state index contributed by atoms with van der Waals surface area (Å²) in [6.45, 7) is 1.76. The molecule has 1 aliphatic heterocycles. The Bertz CT molecular complexity index is 662. The van der Waals surface area contributed by atoms with Gasteiger partial charge in [0.1, 0.15) is 0 Å². The first-order valence-corrected chi connectivity index (χ1v) is 7.29. The number of hydrogen-bond donors (Lipinski definition) is 2. The SMILES string of the molecule is CNC(=O)C1CCN(c2ccc(N)c3ccncc23)CC1. The van der Waals surface area contributed by atoms with Gasteiger partial charge in [-0.3, -0.25) is 9.78 Å². The minimum absolute atomic E-state index is 0.129. The Morgan fingerprint density at radius 1 is 1.29 bits per heavy atom. The lowest BCUT2D eigenvalue weighted by Crippen LogP contribution is -2.39. The Hall–Kier alpha value is -2.30. The number of carbonyl (C=O) groups excluding carboxylic acids is 1. The molecule has 0 saturated carbocycles. The Kier molecular flexibility index (Phi) is 3.64. The van der Waals surface area contributed by atoms with Gasteiger partial charge < -0.3 is 16.0 Å². The number of nitrogens with two attached hydrogens (primary N) is 1. The van der Waals surface area contributed by atoms with Gasteiger partial charge in [-0.05, 0) is 31.0 Å². The number of nitrogen functional groups attached to an aromatic ring is 1. The highest BCUT2D eigenvalue weighted by Gasteiger charge is 2.25. The number of benzene rings is 1. The molecule has 3 N–H and O–H groups in total. The Morgan fingerprint density at radius 3 is 2.76 bits per heavy atom. The summed E-state index contributed by atoms with van der Waals surface area (Å²) in [6.07, 6.45) is 5.39. The summed E-state index contributed by atoms with van der Waals surface area (Å²) >= 11 is 0. The molecule has 110 valence electrons. The molecule has 0 bridgehead atoms. The molecule has 2 aromatic rings. The van der Waals surface area contributed by atoms with E-state index >= 15 is 0 Å². The van der Waals surface area contributed by atoms with Crippen LogP contribution in [-0.2, 0) is 4.79 Å². The summed E-state index contributed by atoms with van der Waals surface area (Å²) in [6, 6.07) is 5.95. The molecule has 0 atom stereocenters. The Morgan fingerprint density at radius 2 is 2.05 bits per heavy atom. The van der Waals surface area contributed by atoms with Crippen molar-refractivity contribution in [2.45, 2.75) is 12.8 Å². The lowest BCUT2D eigenvalue weighted by Gasteiger charge is -2.33. The van der Waals surface area contributed by atoms with Crippen LogP contribution in [0.25, 0.3) is 10.8 Å². The van der Waals surface area contributed by atoms with Crippen LogP contribution in [0.1, 0.15) is 12.8 Å². The predicted molar refractivity (Wildman–Crippen MR) is 85.2 cm³/mol. The van der Waals surface area contributed by atoms with E-state index in [4.69, 9.17) is 5.73 Å². The van der Waals surface area contributed by atoms with Gasteiger partial charge in [0.15, 0.2) is 0 Å². The maximum atomic E-state index is 11.7. The molecule has 0 radical (unpaired) electrons. The predicted octanol–water partition coefficient (Wildman–Crippen LogP) is 1.78. The molecule has 1 aliphatic rings. The number of piperidine rings is 1. The quantitative estimate of drug-likeness (QED) is 0.825. The van der Waals surface area contributed by atoms with Crippen molar-refractivity contribution in [1.29, 1.82) is 0 Å². The van der Waals surface area contributed by atoms with Crippen molar-refractivity contribution in [3.63, 3.8) is 0 Å². The third-order valence-corrected chi connectivity index (χ3v) is 4.28. The maximum Gasteiger partial charge on any atom is 0.222 e. The molecule has 1 aromatic heterocycles. The highest BCUT2D eigenvalue weighted by atomic mass is 16.1. The van der Waals surface area contributed by atoms with Crippen molar-refractivity contribution >= 4 is 28.1 Å². The Labute approximate surface area is 124 Å². The van der Waals surface area contributed by atoms with Crippen LogP contribution < -0.4 is 16.0 Å². The summed E-state index contributed by atoms with van der Waals surface area (Å²) in [5.74, 6) is 0.280. The van der Waals surface area contributed by atoms with Gasteiger partial charge in [0.2, 0.25) is 5.91 Å². The first-order valence-electron chi connectivity index (χ1n) is 7.29. The monoisotopic (exact) mass is 284 g/mol. The fraction of sp³-hybridized carbons (Fsp3) is 0.375. The van der Waals surface area contributed by atoms with E-state index < -0.39 is 0 Å². The van der Waals surface area contributed by atoms with E-state index in [9.17, 15) is 4.79 Å². The highest BCUT2D eigenvalue weighted by molar-refractivity contribution is 6.00. The summed E-state index contributed by atoms with van der Waals surface area (Å²) in [5, 5.41) is 4.86. The molecule has 3 rings (SSSR count). The zero-order chi connectivity index (χ0) is 14.8. The van der Waals surface area contributed by atoms with E-state index in [-0.39, 0.29) is 11.8 Å². The van der Waals surface area contributed by atoms with Crippen LogP contribution >= 0.6 is 0 Å². The third kappa shape index (κ3) is 2.51. The minimum Gasteiger partial charge on any atom is -0.398 e. The number of amides is 1. The summed E-state index contributed by atoms with van der Waals surface area (Å²) in [4.78, 5) is 18.3. The van der Waals surface area contributed by atoms with Crippen molar-refractivity contribution in [2.24, 2.45) is 5.92 Å². The number of hydrogen-bond acceptors (Lipinski definition) is 4. The molecule has 0 aliphatic carbocycles. The molecule has 5 heteroatoms. The van der Waals surface area contributed by atoms with E-state index in [0.29, 0.717) is 0 Å². The molecule has 1 amide bonds. The van der Waals surface area contributed by atoms with Crippen LogP contribution in [0.3, 0.4) is 0 Å². The summed E-state index contributed by atoms with van der Waals surface area (Å²) in [5.41, 5.74) is 7.96. The Balaban J connectivity index is 1.86. The standard InChI is InChI=1S/C16H20N4O/c1-18-16(21)11-5-8-20(9-6-11)15-3-2-14(17)12-4-7-19-10-13(12)15/h2-4,7,10-11H,5-6,8-9,17H2,1H3,(H,18,21). The number of fused-ring (bicyclic) bond motifs is 1. The van der Waals surface area contributed by atoms with Crippen LogP contribution in [0.5, 0.6) is 0 Å². The number of anilines is 2. The van der Waals surface area contributed by atoms with Crippen molar-refractivity contribution in [2.75, 3.05) is 30.8 Å². The second-order valence-corrected chi connectivity index (χ2v) is 5.47. The number of nitrogens with zero attached hydrogens (tertiary/aromatic N) is 2. The molecule has 1 saturated heterocycles.